The summed E-state index contributed by atoms with van der Waals surface area (Å²) >= 11 is 0. The predicted octanol–water partition coefficient (Wildman–Crippen LogP) is 7.69. The normalized spacial score (nSPS) is 23.8. The Kier molecular flexibility index (Phi) is 7.15. The highest BCUT2D eigenvalue weighted by atomic mass is 19.1. The zero-order valence-corrected chi connectivity index (χ0v) is 23.8. The first kappa shape index (κ1) is 27.5. The molecule has 1 heterocycles. The van der Waals surface area contributed by atoms with E-state index in [1.165, 1.54) is 36.0 Å². The summed E-state index contributed by atoms with van der Waals surface area (Å²) in [5.74, 6) is 1.71. The van der Waals surface area contributed by atoms with Crippen molar-refractivity contribution < 1.29 is 18.3 Å². The molecule has 0 N–H and O–H groups in total. The largest absolute Gasteiger partial charge is 0.442 e. The van der Waals surface area contributed by atoms with E-state index < -0.39 is 17.0 Å². The van der Waals surface area contributed by atoms with Crippen molar-refractivity contribution in [1.29, 1.82) is 0 Å². The van der Waals surface area contributed by atoms with Gasteiger partial charge in [0.2, 0.25) is 0 Å². The van der Waals surface area contributed by atoms with Crippen molar-refractivity contribution in [3.8, 4) is 22.5 Å². The van der Waals surface area contributed by atoms with Crippen LogP contribution in [0.5, 0.6) is 0 Å². The quantitative estimate of drug-likeness (QED) is 0.291. The van der Waals surface area contributed by atoms with Gasteiger partial charge < -0.3 is 4.74 Å². The molecule has 7 heteroatoms. The number of nitrogens with zero attached hydrogens (tertiary/aromatic N) is 3. The van der Waals surface area contributed by atoms with Gasteiger partial charge in [-0.15, -0.1) is 5.10 Å². The maximum Gasteiger partial charge on any atom is 0.313 e. The third kappa shape index (κ3) is 5.37. The second-order valence-electron chi connectivity index (χ2n) is 13.2. The molecular weight excluding hydrogens is 496 g/mol. The van der Waals surface area contributed by atoms with Gasteiger partial charge >= 0.3 is 5.97 Å². The number of benzene rings is 2. The zero-order valence-electron chi connectivity index (χ0n) is 23.8. The molecule has 0 spiro atoms. The minimum Gasteiger partial charge on any atom is -0.442 e. The van der Waals surface area contributed by atoms with Crippen LogP contribution in [0, 0.1) is 46.1 Å². The Morgan fingerprint density at radius 2 is 1.77 bits per heavy atom. The molecule has 0 radical (unpaired) electrons. The molecule has 3 aliphatic rings. The second-order valence-corrected chi connectivity index (χ2v) is 13.2. The number of hydrogen-bond donors (Lipinski definition) is 0. The first-order valence-corrected chi connectivity index (χ1v) is 14.0. The molecule has 0 amide bonds. The average molecular weight is 536 g/mol. The highest BCUT2D eigenvalue weighted by Gasteiger charge is 2.55. The van der Waals surface area contributed by atoms with Crippen LogP contribution in [0.4, 0.5) is 8.78 Å². The van der Waals surface area contributed by atoms with Crippen LogP contribution in [0.15, 0.2) is 42.7 Å². The van der Waals surface area contributed by atoms with Crippen molar-refractivity contribution in [2.75, 3.05) is 0 Å². The number of esters is 1. The van der Waals surface area contributed by atoms with Gasteiger partial charge in [0, 0.05) is 11.1 Å². The lowest BCUT2D eigenvalue weighted by Crippen LogP contribution is -2.54. The number of carbonyl (C=O) groups is 1. The van der Waals surface area contributed by atoms with Crippen LogP contribution in [0.25, 0.3) is 22.5 Å². The Bertz CT molecular complexity index is 1350. The van der Waals surface area contributed by atoms with Crippen LogP contribution in [-0.2, 0) is 22.7 Å². The van der Waals surface area contributed by atoms with Crippen LogP contribution >= 0.6 is 0 Å². The molecule has 4 atom stereocenters. The van der Waals surface area contributed by atoms with Gasteiger partial charge in [-0.05, 0) is 105 Å². The average Bonchev–Trinajstić information content (AvgIpc) is 3.35. The first-order chi connectivity index (χ1) is 18.3. The molecule has 0 aliphatic heterocycles. The number of fused-ring (bicyclic) bond motifs is 2. The molecule has 2 bridgehead atoms. The Morgan fingerprint density at radius 1 is 1.08 bits per heavy atom. The molecule has 3 fully saturated rings. The fourth-order valence-electron chi connectivity index (χ4n) is 6.64. The van der Waals surface area contributed by atoms with Gasteiger partial charge in [-0.3, -0.25) is 4.79 Å². The first-order valence-electron chi connectivity index (χ1n) is 14.0. The molecular formula is C32H39F2N3O2. The van der Waals surface area contributed by atoms with Crippen LogP contribution in [0.3, 0.4) is 0 Å². The minimum absolute atomic E-state index is 0.0423. The number of rotatable bonds is 7. The topological polar surface area (TPSA) is 57.0 Å². The molecule has 3 saturated carbocycles. The van der Waals surface area contributed by atoms with Gasteiger partial charge in [-0.2, -0.15) is 0 Å². The van der Waals surface area contributed by atoms with Gasteiger partial charge in [0.25, 0.3) is 0 Å². The smallest absolute Gasteiger partial charge is 0.313 e. The number of carbonyl (C=O) groups excluding carboxylic acids is 1. The summed E-state index contributed by atoms with van der Waals surface area (Å²) in [5, 5.41) is 4.39. The van der Waals surface area contributed by atoms with E-state index in [1.807, 2.05) is 24.3 Å². The predicted molar refractivity (Wildman–Crippen MR) is 147 cm³/mol. The monoisotopic (exact) mass is 535 g/mol. The Hall–Kier alpha value is -3.09. The number of hydrogen-bond acceptors (Lipinski definition) is 4. The standard InChI is InChI=1S/C32H39F2N3O2/c1-19-20(13-24-16-26(19)32(24,5)6)10-11-25-27(33)14-23(15-28(25)34)21-8-7-9-22(12-21)29-35-17-37(36-29)18-39-30(38)31(2,3)4/h7-9,12,14-15,17,19-20,24,26H,10-11,13,16,18H2,1-6H3/t19-,20+,24-,26+/m0/s1. The van der Waals surface area contributed by atoms with Crippen LogP contribution in [0.1, 0.15) is 66.4 Å². The summed E-state index contributed by atoms with van der Waals surface area (Å²) in [6, 6.07) is 10.1. The molecule has 0 saturated heterocycles. The van der Waals surface area contributed by atoms with Gasteiger partial charge in [0.1, 0.15) is 18.0 Å². The number of halogens is 2. The molecule has 39 heavy (non-hydrogen) atoms. The Labute approximate surface area is 230 Å². The van der Waals surface area contributed by atoms with E-state index >= 15 is 8.78 Å². The van der Waals surface area contributed by atoms with Crippen LogP contribution in [0.2, 0.25) is 0 Å². The van der Waals surface area contributed by atoms with E-state index in [-0.39, 0.29) is 18.3 Å². The van der Waals surface area contributed by atoms with Gasteiger partial charge in [0.05, 0.1) is 5.41 Å². The van der Waals surface area contributed by atoms with E-state index in [0.717, 1.165) is 18.3 Å². The Morgan fingerprint density at radius 3 is 2.41 bits per heavy atom. The zero-order chi connectivity index (χ0) is 28.1. The SMILES string of the molecule is C[C@H]1[C@H](CCc2c(F)cc(-c3cccc(-c4ncn(COC(=O)C(C)(C)C)n4)c3)cc2F)C[C@H]2C[C@H]1C2(C)C. The summed E-state index contributed by atoms with van der Waals surface area (Å²) in [7, 11) is 0. The van der Waals surface area contributed by atoms with Crippen molar-refractivity contribution >= 4 is 5.97 Å². The maximum atomic E-state index is 15.2. The summed E-state index contributed by atoms with van der Waals surface area (Å²) < 4.78 is 37.1. The van der Waals surface area contributed by atoms with E-state index in [0.29, 0.717) is 46.2 Å². The van der Waals surface area contributed by atoms with Gasteiger partial charge in [-0.25, -0.2) is 18.4 Å². The van der Waals surface area contributed by atoms with Crippen molar-refractivity contribution in [1.82, 2.24) is 14.8 Å². The molecule has 2 aromatic carbocycles. The fourth-order valence-corrected chi connectivity index (χ4v) is 6.64. The minimum atomic E-state index is -0.608. The van der Waals surface area contributed by atoms with Gasteiger partial charge in [0.15, 0.2) is 12.6 Å². The highest BCUT2D eigenvalue weighted by Crippen LogP contribution is 2.63. The van der Waals surface area contributed by atoms with E-state index in [9.17, 15) is 4.79 Å². The van der Waals surface area contributed by atoms with E-state index in [4.69, 9.17) is 4.74 Å². The molecule has 0 unspecified atom stereocenters. The number of ether oxygens (including phenoxy) is 1. The maximum absolute atomic E-state index is 15.2. The lowest BCUT2D eigenvalue weighted by molar-refractivity contribution is -0.157. The highest BCUT2D eigenvalue weighted by molar-refractivity contribution is 5.75. The van der Waals surface area contributed by atoms with Crippen molar-refractivity contribution in [3.63, 3.8) is 0 Å². The summed E-state index contributed by atoms with van der Waals surface area (Å²) in [6.07, 6.45) is 5.22. The Balaban J connectivity index is 1.27. The molecule has 208 valence electrons. The number of aromatic nitrogens is 3. The van der Waals surface area contributed by atoms with Gasteiger partial charge in [-0.1, -0.05) is 39.0 Å². The van der Waals surface area contributed by atoms with E-state index in [2.05, 4.69) is 30.9 Å². The van der Waals surface area contributed by atoms with E-state index in [1.54, 1.807) is 20.8 Å². The third-order valence-corrected chi connectivity index (χ3v) is 9.35. The summed E-state index contributed by atoms with van der Waals surface area (Å²) in [6.45, 7) is 12.4. The summed E-state index contributed by atoms with van der Waals surface area (Å²) in [4.78, 5) is 16.3. The molecule has 5 nitrogen and oxygen atoms in total. The third-order valence-electron chi connectivity index (χ3n) is 9.35. The van der Waals surface area contributed by atoms with Crippen molar-refractivity contribution in [2.45, 2.75) is 74.0 Å². The lowest BCUT2D eigenvalue weighted by Gasteiger charge is -2.62. The van der Waals surface area contributed by atoms with Crippen LogP contribution < -0.4 is 0 Å². The lowest BCUT2D eigenvalue weighted by atomic mass is 9.43. The van der Waals surface area contributed by atoms with Crippen molar-refractivity contribution in [2.24, 2.45) is 34.5 Å². The summed E-state index contributed by atoms with van der Waals surface area (Å²) in [5.41, 5.74) is 1.84. The molecule has 6 rings (SSSR count). The molecule has 3 aromatic rings. The second kappa shape index (κ2) is 10.1. The van der Waals surface area contributed by atoms with Crippen LogP contribution in [-0.4, -0.2) is 20.7 Å². The molecule has 1 aromatic heterocycles. The fraction of sp³-hybridized carbons (Fsp3) is 0.531. The molecule has 3 aliphatic carbocycles. The van der Waals surface area contributed by atoms with Crippen molar-refractivity contribution in [3.05, 3.63) is 59.9 Å².